The third kappa shape index (κ3) is 6.44. The van der Waals surface area contributed by atoms with Crippen LogP contribution in [0.2, 0.25) is 0 Å². The summed E-state index contributed by atoms with van der Waals surface area (Å²) in [5.74, 6) is 3.49. The molecule has 6 heteroatoms. The van der Waals surface area contributed by atoms with Gasteiger partial charge in [-0.15, -0.1) is 0 Å². The minimum Gasteiger partial charge on any atom is -0.454 e. The Morgan fingerprint density at radius 2 is 1.59 bits per heavy atom. The van der Waals surface area contributed by atoms with Crippen LogP contribution in [0.3, 0.4) is 0 Å². The Balaban J connectivity index is 0.000000306. The third-order valence-corrected chi connectivity index (χ3v) is 5.61. The molecule has 0 bridgehead atoms. The zero-order chi connectivity index (χ0) is 24.5. The van der Waals surface area contributed by atoms with Crippen LogP contribution < -0.4 is 9.47 Å². The molecule has 2 aromatic carbocycles. The molecule has 4 aromatic rings. The molecule has 1 aliphatic rings. The lowest BCUT2D eigenvalue weighted by Gasteiger charge is -2.11. The van der Waals surface area contributed by atoms with Gasteiger partial charge < -0.3 is 14.0 Å². The second kappa shape index (κ2) is 12.0. The van der Waals surface area contributed by atoms with Gasteiger partial charge in [-0.2, -0.15) is 0 Å². The minimum absolute atomic E-state index is 0.292. The van der Waals surface area contributed by atoms with Crippen molar-refractivity contribution in [2.75, 3.05) is 6.79 Å². The molecule has 6 nitrogen and oxygen atoms in total. The number of imidazole rings is 1. The van der Waals surface area contributed by atoms with Gasteiger partial charge in [-0.05, 0) is 49.6 Å². The van der Waals surface area contributed by atoms with Crippen LogP contribution in [-0.4, -0.2) is 26.3 Å². The fraction of sp³-hybridized carbons (Fsp3) is 0.321. The highest BCUT2D eigenvalue weighted by atomic mass is 16.7. The number of fused-ring (bicyclic) bond motifs is 1. The van der Waals surface area contributed by atoms with Gasteiger partial charge in [-0.1, -0.05) is 50.2 Å². The summed E-state index contributed by atoms with van der Waals surface area (Å²) < 4.78 is 12.8. The van der Waals surface area contributed by atoms with Gasteiger partial charge in [0, 0.05) is 38.0 Å². The summed E-state index contributed by atoms with van der Waals surface area (Å²) >= 11 is 0. The molecule has 0 saturated heterocycles. The second-order valence-electron chi connectivity index (χ2n) is 7.91. The number of hydrogen-bond acceptors (Lipinski definition) is 5. The van der Waals surface area contributed by atoms with Crippen LogP contribution in [0.1, 0.15) is 53.6 Å². The molecule has 5 rings (SSSR count). The van der Waals surface area contributed by atoms with Crippen molar-refractivity contribution in [1.82, 2.24) is 19.5 Å². The normalized spacial score (nSPS) is 11.2. The number of rotatable bonds is 4. The van der Waals surface area contributed by atoms with Crippen molar-refractivity contribution in [2.24, 2.45) is 7.05 Å². The number of ether oxygens (including phenoxy) is 2. The molecule has 0 saturated carbocycles. The lowest BCUT2D eigenvalue weighted by atomic mass is 10.0. The van der Waals surface area contributed by atoms with Crippen LogP contribution in [-0.2, 0) is 19.9 Å². The molecule has 3 heterocycles. The maximum absolute atomic E-state index is 5.46. The summed E-state index contributed by atoms with van der Waals surface area (Å²) in [7, 11) is 1.97. The zero-order valence-electron chi connectivity index (χ0n) is 21.0. The van der Waals surface area contributed by atoms with Crippen LogP contribution in [0.15, 0.2) is 60.9 Å². The molecule has 178 valence electrons. The molecular weight excluding hydrogens is 424 g/mol. The van der Waals surface area contributed by atoms with Crippen molar-refractivity contribution in [2.45, 2.75) is 47.5 Å². The molecule has 0 amide bonds. The van der Waals surface area contributed by atoms with E-state index in [4.69, 9.17) is 14.5 Å². The average Bonchev–Trinajstić information content (AvgIpc) is 3.47. The van der Waals surface area contributed by atoms with Crippen LogP contribution in [0.5, 0.6) is 11.5 Å². The SMILES string of the molecule is CC.Cc1nc(Cc2ccc3c(c2)OCO3)nc(Cc2ccccc2)c1C.Cc1nccn1C. The van der Waals surface area contributed by atoms with Crippen LogP contribution in [0, 0.1) is 20.8 Å². The predicted molar refractivity (Wildman–Crippen MR) is 135 cm³/mol. The van der Waals surface area contributed by atoms with Gasteiger partial charge in [0.2, 0.25) is 6.79 Å². The second-order valence-corrected chi connectivity index (χ2v) is 7.91. The Morgan fingerprint density at radius 3 is 2.24 bits per heavy atom. The van der Waals surface area contributed by atoms with Crippen LogP contribution in [0.4, 0.5) is 0 Å². The van der Waals surface area contributed by atoms with Gasteiger partial charge in [0.05, 0.1) is 5.69 Å². The summed E-state index contributed by atoms with van der Waals surface area (Å²) in [5, 5.41) is 0. The molecular formula is C28H34N4O2. The summed E-state index contributed by atoms with van der Waals surface area (Å²) in [6.07, 6.45) is 5.22. The summed E-state index contributed by atoms with van der Waals surface area (Å²) in [5.41, 5.74) is 5.68. The van der Waals surface area contributed by atoms with Crippen molar-refractivity contribution < 1.29 is 9.47 Å². The van der Waals surface area contributed by atoms with Gasteiger partial charge in [0.15, 0.2) is 11.5 Å². The monoisotopic (exact) mass is 458 g/mol. The summed E-state index contributed by atoms with van der Waals surface area (Å²) in [6, 6.07) is 16.4. The third-order valence-electron chi connectivity index (χ3n) is 5.61. The molecule has 2 aromatic heterocycles. The molecule has 34 heavy (non-hydrogen) atoms. The molecule has 0 aliphatic carbocycles. The van der Waals surface area contributed by atoms with Gasteiger partial charge in [0.1, 0.15) is 11.6 Å². The van der Waals surface area contributed by atoms with Gasteiger partial charge in [0.25, 0.3) is 0 Å². The Bertz CT molecular complexity index is 1190. The van der Waals surface area contributed by atoms with Crippen LogP contribution >= 0.6 is 0 Å². The first-order valence-electron chi connectivity index (χ1n) is 11.7. The minimum atomic E-state index is 0.292. The molecule has 1 aliphatic heterocycles. The number of hydrogen-bond donors (Lipinski definition) is 0. The van der Waals surface area contributed by atoms with E-state index in [1.807, 2.05) is 62.8 Å². The highest BCUT2D eigenvalue weighted by Crippen LogP contribution is 2.33. The van der Waals surface area contributed by atoms with E-state index in [0.717, 1.165) is 46.5 Å². The van der Waals surface area contributed by atoms with E-state index < -0.39 is 0 Å². The van der Waals surface area contributed by atoms with Crippen molar-refractivity contribution in [3.05, 3.63) is 101 Å². The van der Waals surface area contributed by atoms with E-state index in [9.17, 15) is 0 Å². The maximum Gasteiger partial charge on any atom is 0.231 e. The number of benzene rings is 2. The van der Waals surface area contributed by atoms with E-state index in [1.165, 1.54) is 11.1 Å². The van der Waals surface area contributed by atoms with Crippen molar-refractivity contribution >= 4 is 0 Å². The Labute approximate surface area is 202 Å². The predicted octanol–water partition coefficient (Wildman–Crippen LogP) is 5.76. The highest BCUT2D eigenvalue weighted by Gasteiger charge is 2.15. The topological polar surface area (TPSA) is 62.1 Å². The molecule has 0 N–H and O–H groups in total. The standard InChI is InChI=1S/C21H20N2O2.C5H8N2.C2H6/c1-14-15(2)22-21(23-18(14)10-16-6-4-3-5-7-16)12-17-8-9-19-20(11-17)25-13-24-19;1-5-6-3-4-7(5)2;1-2/h3-9,11H,10,12-13H2,1-2H3;3-4H,1-2H3;1-2H3. The average molecular weight is 459 g/mol. The zero-order valence-corrected chi connectivity index (χ0v) is 21.0. The number of nitrogens with zero attached hydrogens (tertiary/aromatic N) is 4. The van der Waals surface area contributed by atoms with Crippen molar-refractivity contribution in [3.63, 3.8) is 0 Å². The van der Waals surface area contributed by atoms with E-state index in [2.05, 4.69) is 48.1 Å². The molecule has 0 spiro atoms. The van der Waals surface area contributed by atoms with Crippen molar-refractivity contribution in [1.29, 1.82) is 0 Å². The van der Waals surface area contributed by atoms with Crippen molar-refractivity contribution in [3.8, 4) is 11.5 Å². The van der Waals surface area contributed by atoms with E-state index >= 15 is 0 Å². The number of aryl methyl sites for hydroxylation is 3. The molecule has 0 fully saturated rings. The van der Waals surface area contributed by atoms with Gasteiger partial charge >= 0.3 is 0 Å². The fourth-order valence-corrected chi connectivity index (χ4v) is 3.46. The quantitative estimate of drug-likeness (QED) is 0.389. The highest BCUT2D eigenvalue weighted by molar-refractivity contribution is 5.45. The molecule has 0 unspecified atom stereocenters. The Kier molecular flexibility index (Phi) is 8.79. The fourth-order valence-electron chi connectivity index (χ4n) is 3.46. The van der Waals surface area contributed by atoms with E-state index in [1.54, 1.807) is 6.20 Å². The van der Waals surface area contributed by atoms with Gasteiger partial charge in [-0.25, -0.2) is 15.0 Å². The first kappa shape index (κ1) is 25.0. The van der Waals surface area contributed by atoms with E-state index in [-0.39, 0.29) is 0 Å². The maximum atomic E-state index is 5.46. The lowest BCUT2D eigenvalue weighted by molar-refractivity contribution is 0.174. The summed E-state index contributed by atoms with van der Waals surface area (Å²) in [6.45, 7) is 10.4. The lowest BCUT2D eigenvalue weighted by Crippen LogP contribution is -2.07. The number of aromatic nitrogens is 4. The largest absolute Gasteiger partial charge is 0.454 e. The molecule has 0 radical (unpaired) electrons. The van der Waals surface area contributed by atoms with Gasteiger partial charge in [-0.3, -0.25) is 0 Å². The first-order valence-corrected chi connectivity index (χ1v) is 11.7. The molecule has 0 atom stereocenters. The summed E-state index contributed by atoms with van der Waals surface area (Å²) in [4.78, 5) is 13.5. The Morgan fingerprint density at radius 1 is 0.853 bits per heavy atom. The van der Waals surface area contributed by atoms with E-state index in [0.29, 0.717) is 13.2 Å². The first-order chi connectivity index (χ1) is 16.5. The van der Waals surface area contributed by atoms with Crippen LogP contribution in [0.25, 0.3) is 0 Å². The Hall–Kier alpha value is -3.67. The smallest absolute Gasteiger partial charge is 0.231 e.